The highest BCUT2D eigenvalue weighted by molar-refractivity contribution is 5.53. The third-order valence-electron chi connectivity index (χ3n) is 2.94. The normalized spacial score (nSPS) is 12.1. The molecule has 0 aliphatic rings. The van der Waals surface area contributed by atoms with Gasteiger partial charge >= 0.3 is 0 Å². The first-order chi connectivity index (χ1) is 9.33. The Morgan fingerprint density at radius 3 is 2.50 bits per heavy atom. The van der Waals surface area contributed by atoms with Gasteiger partial charge in [0.2, 0.25) is 5.89 Å². The van der Waals surface area contributed by atoms with Gasteiger partial charge in [-0.1, -0.05) is 17.7 Å². The quantitative estimate of drug-likeness (QED) is 0.911. The first kappa shape index (κ1) is 14.8. The van der Waals surface area contributed by atoms with Crippen molar-refractivity contribution < 1.29 is 9.52 Å². The average molecular weight is 274 g/mol. The second kappa shape index (κ2) is 5.77. The number of hydrogen-bond acceptors (Lipinski definition) is 4. The molecule has 0 aliphatic heterocycles. The minimum Gasteiger partial charge on any atom is -0.444 e. The number of benzene rings is 1. The van der Waals surface area contributed by atoms with Crippen LogP contribution in [0.15, 0.2) is 34.9 Å². The standard InChI is InChI=1S/C16H22N2O2/c1-12-5-7-13(8-6-12)15-17-14(10-20-15)9-18(4)11-16(2,3)19/h5-8,10,19H,9,11H2,1-4H3. The zero-order chi connectivity index (χ0) is 14.8. The Bertz CT molecular complexity index is 553. The van der Waals surface area contributed by atoms with Crippen LogP contribution in [0.25, 0.3) is 11.5 Å². The predicted molar refractivity (Wildman–Crippen MR) is 79.3 cm³/mol. The van der Waals surface area contributed by atoms with Crippen LogP contribution in [0.1, 0.15) is 25.1 Å². The number of nitrogens with zero attached hydrogens (tertiary/aromatic N) is 2. The molecule has 0 aliphatic carbocycles. The molecule has 0 saturated carbocycles. The summed E-state index contributed by atoms with van der Waals surface area (Å²) in [6.07, 6.45) is 1.68. The highest BCUT2D eigenvalue weighted by Crippen LogP contribution is 2.19. The lowest BCUT2D eigenvalue weighted by Crippen LogP contribution is -2.35. The van der Waals surface area contributed by atoms with E-state index in [-0.39, 0.29) is 0 Å². The lowest BCUT2D eigenvalue weighted by molar-refractivity contribution is 0.0421. The fourth-order valence-corrected chi connectivity index (χ4v) is 2.20. The summed E-state index contributed by atoms with van der Waals surface area (Å²) >= 11 is 0. The van der Waals surface area contributed by atoms with Gasteiger partial charge in [0.05, 0.1) is 11.3 Å². The van der Waals surface area contributed by atoms with Gasteiger partial charge in [0.25, 0.3) is 0 Å². The molecule has 2 aromatic rings. The molecule has 2 rings (SSSR count). The SMILES string of the molecule is Cc1ccc(-c2nc(CN(C)CC(C)(C)O)co2)cc1. The van der Waals surface area contributed by atoms with Crippen molar-refractivity contribution in [3.63, 3.8) is 0 Å². The van der Waals surface area contributed by atoms with E-state index in [9.17, 15) is 5.11 Å². The number of aryl methyl sites for hydroxylation is 1. The van der Waals surface area contributed by atoms with E-state index in [1.165, 1.54) is 5.56 Å². The maximum atomic E-state index is 9.79. The second-order valence-electron chi connectivity index (χ2n) is 5.99. The lowest BCUT2D eigenvalue weighted by atomic mass is 10.1. The third-order valence-corrected chi connectivity index (χ3v) is 2.94. The molecule has 0 amide bonds. The molecule has 0 saturated heterocycles. The van der Waals surface area contributed by atoms with E-state index in [1.807, 2.05) is 36.2 Å². The van der Waals surface area contributed by atoms with Gasteiger partial charge in [-0.15, -0.1) is 0 Å². The van der Waals surface area contributed by atoms with Gasteiger partial charge in [-0.05, 0) is 40.0 Å². The van der Waals surface area contributed by atoms with E-state index < -0.39 is 5.60 Å². The smallest absolute Gasteiger partial charge is 0.226 e. The number of rotatable bonds is 5. The Morgan fingerprint density at radius 2 is 1.90 bits per heavy atom. The Labute approximate surface area is 120 Å². The number of aromatic nitrogens is 1. The van der Waals surface area contributed by atoms with Crippen molar-refractivity contribution in [2.45, 2.75) is 32.9 Å². The van der Waals surface area contributed by atoms with E-state index in [4.69, 9.17) is 4.42 Å². The van der Waals surface area contributed by atoms with Crippen LogP contribution in [0.5, 0.6) is 0 Å². The number of likely N-dealkylation sites (N-methyl/N-ethyl adjacent to an activating group) is 1. The molecule has 0 fully saturated rings. The van der Waals surface area contributed by atoms with Gasteiger partial charge in [0, 0.05) is 18.7 Å². The molecule has 0 bridgehead atoms. The summed E-state index contributed by atoms with van der Waals surface area (Å²) in [5, 5.41) is 9.79. The summed E-state index contributed by atoms with van der Waals surface area (Å²) in [5.74, 6) is 0.636. The average Bonchev–Trinajstić information content (AvgIpc) is 2.75. The molecule has 0 atom stereocenters. The summed E-state index contributed by atoms with van der Waals surface area (Å²) in [6.45, 7) is 6.88. The van der Waals surface area contributed by atoms with Crippen LogP contribution in [0, 0.1) is 6.92 Å². The van der Waals surface area contributed by atoms with E-state index >= 15 is 0 Å². The molecule has 1 aromatic carbocycles. The Balaban J connectivity index is 2.04. The zero-order valence-corrected chi connectivity index (χ0v) is 12.6. The van der Waals surface area contributed by atoms with Crippen LogP contribution in [0.2, 0.25) is 0 Å². The van der Waals surface area contributed by atoms with Crippen molar-refractivity contribution in [3.05, 3.63) is 41.8 Å². The van der Waals surface area contributed by atoms with Crippen LogP contribution in [-0.4, -0.2) is 34.2 Å². The zero-order valence-electron chi connectivity index (χ0n) is 12.6. The fraction of sp³-hybridized carbons (Fsp3) is 0.438. The summed E-state index contributed by atoms with van der Waals surface area (Å²) in [4.78, 5) is 6.51. The monoisotopic (exact) mass is 274 g/mol. The first-order valence-electron chi connectivity index (χ1n) is 6.76. The minimum absolute atomic E-state index is 0.583. The highest BCUT2D eigenvalue weighted by Gasteiger charge is 2.17. The molecule has 4 nitrogen and oxygen atoms in total. The Hall–Kier alpha value is -1.65. The van der Waals surface area contributed by atoms with Crippen LogP contribution < -0.4 is 0 Å². The molecule has 1 heterocycles. The van der Waals surface area contributed by atoms with Gasteiger partial charge < -0.3 is 9.52 Å². The van der Waals surface area contributed by atoms with E-state index in [0.29, 0.717) is 19.0 Å². The number of oxazole rings is 1. The molecule has 1 N–H and O–H groups in total. The van der Waals surface area contributed by atoms with Crippen molar-refractivity contribution in [3.8, 4) is 11.5 Å². The van der Waals surface area contributed by atoms with Crippen LogP contribution >= 0.6 is 0 Å². The van der Waals surface area contributed by atoms with Crippen molar-refractivity contribution in [1.29, 1.82) is 0 Å². The van der Waals surface area contributed by atoms with E-state index in [1.54, 1.807) is 20.1 Å². The summed E-state index contributed by atoms with van der Waals surface area (Å²) in [5.41, 5.74) is 2.35. The molecule has 0 radical (unpaired) electrons. The van der Waals surface area contributed by atoms with Crippen LogP contribution in [0.4, 0.5) is 0 Å². The van der Waals surface area contributed by atoms with Gasteiger partial charge in [-0.25, -0.2) is 4.98 Å². The Morgan fingerprint density at radius 1 is 1.25 bits per heavy atom. The van der Waals surface area contributed by atoms with Crippen molar-refractivity contribution in [2.24, 2.45) is 0 Å². The summed E-state index contributed by atoms with van der Waals surface area (Å²) in [7, 11) is 1.96. The second-order valence-corrected chi connectivity index (χ2v) is 5.99. The Kier molecular flexibility index (Phi) is 4.26. The van der Waals surface area contributed by atoms with E-state index in [0.717, 1.165) is 11.3 Å². The first-order valence-corrected chi connectivity index (χ1v) is 6.76. The largest absolute Gasteiger partial charge is 0.444 e. The molecule has 4 heteroatoms. The van der Waals surface area contributed by atoms with Gasteiger partial charge in [-0.2, -0.15) is 0 Å². The van der Waals surface area contributed by atoms with Gasteiger partial charge in [0.1, 0.15) is 6.26 Å². The van der Waals surface area contributed by atoms with Crippen molar-refractivity contribution >= 4 is 0 Å². The lowest BCUT2D eigenvalue weighted by Gasteiger charge is -2.24. The van der Waals surface area contributed by atoms with Gasteiger partial charge in [-0.3, -0.25) is 4.90 Å². The molecule has 20 heavy (non-hydrogen) atoms. The van der Waals surface area contributed by atoms with Crippen molar-refractivity contribution in [1.82, 2.24) is 9.88 Å². The summed E-state index contributed by atoms with van der Waals surface area (Å²) < 4.78 is 5.52. The minimum atomic E-state index is -0.710. The van der Waals surface area contributed by atoms with Crippen molar-refractivity contribution in [2.75, 3.05) is 13.6 Å². The molecular formula is C16H22N2O2. The van der Waals surface area contributed by atoms with E-state index in [2.05, 4.69) is 11.9 Å². The molecule has 108 valence electrons. The van der Waals surface area contributed by atoms with Crippen LogP contribution in [0.3, 0.4) is 0 Å². The molecule has 0 unspecified atom stereocenters. The molecule has 0 spiro atoms. The predicted octanol–water partition coefficient (Wildman–Crippen LogP) is 2.85. The molecule has 1 aromatic heterocycles. The highest BCUT2D eigenvalue weighted by atomic mass is 16.3. The maximum absolute atomic E-state index is 9.79. The number of aliphatic hydroxyl groups is 1. The fourth-order valence-electron chi connectivity index (χ4n) is 2.20. The van der Waals surface area contributed by atoms with Gasteiger partial charge in [0.15, 0.2) is 0 Å². The number of hydrogen-bond donors (Lipinski definition) is 1. The molecular weight excluding hydrogens is 252 g/mol. The summed E-state index contributed by atoms with van der Waals surface area (Å²) in [6, 6.07) is 8.09. The maximum Gasteiger partial charge on any atom is 0.226 e. The third kappa shape index (κ3) is 4.18. The topological polar surface area (TPSA) is 49.5 Å². The van der Waals surface area contributed by atoms with Crippen LogP contribution in [-0.2, 0) is 6.54 Å².